The van der Waals surface area contributed by atoms with Crippen molar-refractivity contribution in [1.29, 1.82) is 0 Å². The van der Waals surface area contributed by atoms with Gasteiger partial charge in [-0.3, -0.25) is 19.7 Å². The lowest BCUT2D eigenvalue weighted by Gasteiger charge is -2.15. The lowest BCUT2D eigenvalue weighted by Crippen LogP contribution is -2.25. The highest BCUT2D eigenvalue weighted by molar-refractivity contribution is 5.96. The van der Waals surface area contributed by atoms with Crippen LogP contribution in [0.25, 0.3) is 0 Å². The molecular weight excluding hydrogens is 384 g/mol. The molecule has 1 aliphatic heterocycles. The molecule has 8 heteroatoms. The van der Waals surface area contributed by atoms with Gasteiger partial charge < -0.3 is 15.5 Å². The number of likely N-dealkylation sites (tertiary alicyclic amines) is 1. The van der Waals surface area contributed by atoms with E-state index in [1.54, 1.807) is 12.1 Å². The molecule has 0 unspecified atom stereocenters. The van der Waals surface area contributed by atoms with E-state index in [2.05, 4.69) is 10.6 Å². The molecule has 0 radical (unpaired) electrons. The molecule has 2 amide bonds. The average Bonchev–Trinajstić information content (AvgIpc) is 3.47. The lowest BCUT2D eigenvalue weighted by atomic mass is 10.1. The Hall–Kier alpha value is -3.42. The number of hydrogen-bond donors (Lipinski definition) is 2. The molecule has 2 aliphatic rings. The number of nitrogens with one attached hydrogen (secondary N) is 2. The number of nitrogens with zero attached hydrogens (tertiary/aromatic N) is 2. The molecule has 0 spiro atoms. The topological polar surface area (TPSA) is 105 Å². The zero-order valence-corrected chi connectivity index (χ0v) is 16.6. The average molecular weight is 408 g/mol. The Balaban J connectivity index is 1.39. The highest BCUT2D eigenvalue weighted by Crippen LogP contribution is 2.27. The fourth-order valence-corrected chi connectivity index (χ4v) is 3.52. The number of benzene rings is 2. The second-order valence-corrected chi connectivity index (χ2v) is 7.83. The number of carbonyl (C=O) groups is 2. The fraction of sp³-hybridized carbons (Fsp3) is 0.364. The Bertz CT molecular complexity index is 970. The van der Waals surface area contributed by atoms with Crippen molar-refractivity contribution in [3.63, 3.8) is 0 Å². The highest BCUT2D eigenvalue weighted by atomic mass is 16.6. The van der Waals surface area contributed by atoms with Crippen molar-refractivity contribution in [3.8, 4) is 0 Å². The lowest BCUT2D eigenvalue weighted by molar-refractivity contribution is -0.384. The van der Waals surface area contributed by atoms with Gasteiger partial charge in [-0.2, -0.15) is 0 Å². The third-order valence-electron chi connectivity index (χ3n) is 5.42. The van der Waals surface area contributed by atoms with Gasteiger partial charge in [0.1, 0.15) is 5.69 Å². The van der Waals surface area contributed by atoms with E-state index in [9.17, 15) is 19.7 Å². The van der Waals surface area contributed by atoms with Crippen molar-refractivity contribution in [2.45, 2.75) is 44.8 Å². The van der Waals surface area contributed by atoms with Gasteiger partial charge in [0.2, 0.25) is 5.91 Å². The molecule has 2 aromatic carbocycles. The van der Waals surface area contributed by atoms with Gasteiger partial charge in [-0.15, -0.1) is 0 Å². The monoisotopic (exact) mass is 408 g/mol. The molecule has 2 N–H and O–H groups in total. The summed E-state index contributed by atoms with van der Waals surface area (Å²) in [6.07, 6.45) is 3.46. The fourth-order valence-electron chi connectivity index (χ4n) is 3.52. The van der Waals surface area contributed by atoms with Crippen LogP contribution in [0.1, 0.15) is 47.2 Å². The minimum atomic E-state index is -0.480. The molecule has 8 nitrogen and oxygen atoms in total. The summed E-state index contributed by atoms with van der Waals surface area (Å²) < 4.78 is 0. The SMILES string of the molecule is O=C(NC1CC1)c1ccc(NCc2ccc(CN3CCCC3=O)cc2)c([N+](=O)[O-])c1. The van der Waals surface area contributed by atoms with Crippen LogP contribution in [0.3, 0.4) is 0 Å². The van der Waals surface area contributed by atoms with E-state index in [1.165, 1.54) is 6.07 Å². The van der Waals surface area contributed by atoms with Crippen molar-refractivity contribution in [2.24, 2.45) is 0 Å². The zero-order chi connectivity index (χ0) is 21.1. The van der Waals surface area contributed by atoms with Crippen LogP contribution in [0.4, 0.5) is 11.4 Å². The van der Waals surface area contributed by atoms with Crippen LogP contribution in [-0.2, 0) is 17.9 Å². The summed E-state index contributed by atoms with van der Waals surface area (Å²) in [5.41, 5.74) is 2.57. The van der Waals surface area contributed by atoms with E-state index in [-0.39, 0.29) is 23.5 Å². The van der Waals surface area contributed by atoms with Gasteiger partial charge in [0.15, 0.2) is 0 Å². The second kappa shape index (κ2) is 8.52. The second-order valence-electron chi connectivity index (χ2n) is 7.83. The first-order valence-corrected chi connectivity index (χ1v) is 10.2. The molecule has 2 fully saturated rings. The van der Waals surface area contributed by atoms with E-state index >= 15 is 0 Å². The number of amides is 2. The molecular formula is C22H24N4O4. The van der Waals surface area contributed by atoms with Gasteiger partial charge >= 0.3 is 0 Å². The Morgan fingerprint density at radius 1 is 1.13 bits per heavy atom. The van der Waals surface area contributed by atoms with E-state index in [0.29, 0.717) is 30.8 Å². The van der Waals surface area contributed by atoms with Crippen molar-refractivity contribution >= 4 is 23.2 Å². The summed E-state index contributed by atoms with van der Waals surface area (Å²) in [6, 6.07) is 12.5. The minimum Gasteiger partial charge on any atom is -0.375 e. The Kier molecular flexibility index (Phi) is 5.65. The van der Waals surface area contributed by atoms with Crippen LogP contribution in [0.15, 0.2) is 42.5 Å². The molecule has 1 saturated carbocycles. The predicted molar refractivity (Wildman–Crippen MR) is 112 cm³/mol. The summed E-state index contributed by atoms with van der Waals surface area (Å²) in [6.45, 7) is 1.83. The highest BCUT2D eigenvalue weighted by Gasteiger charge is 2.25. The van der Waals surface area contributed by atoms with E-state index in [4.69, 9.17) is 0 Å². The molecule has 1 saturated heterocycles. The van der Waals surface area contributed by atoms with Crippen LogP contribution in [0.5, 0.6) is 0 Å². The maximum absolute atomic E-state index is 12.2. The van der Waals surface area contributed by atoms with E-state index in [1.807, 2.05) is 29.2 Å². The Morgan fingerprint density at radius 3 is 2.50 bits per heavy atom. The van der Waals surface area contributed by atoms with Crippen LogP contribution in [0.2, 0.25) is 0 Å². The van der Waals surface area contributed by atoms with Gasteiger partial charge in [0, 0.05) is 43.7 Å². The van der Waals surface area contributed by atoms with Gasteiger partial charge in [-0.05, 0) is 42.5 Å². The molecule has 0 aromatic heterocycles. The van der Waals surface area contributed by atoms with Gasteiger partial charge in [-0.25, -0.2) is 0 Å². The third kappa shape index (κ3) is 4.76. The summed E-state index contributed by atoms with van der Waals surface area (Å²) in [5.74, 6) is -0.0819. The number of hydrogen-bond acceptors (Lipinski definition) is 5. The number of nitro benzene ring substituents is 1. The standard InChI is InChI=1S/C22H24N4O4/c27-21-2-1-11-25(21)14-16-5-3-15(4-6-16)13-23-19-10-7-17(12-20(19)26(29)30)22(28)24-18-8-9-18/h3-7,10,12,18,23H,1-2,8-9,11,13-14H2,(H,24,28). The molecule has 4 rings (SSSR count). The van der Waals surface area contributed by atoms with Gasteiger partial charge in [0.25, 0.3) is 11.6 Å². The van der Waals surface area contributed by atoms with Crippen LogP contribution in [-0.4, -0.2) is 34.2 Å². The molecule has 1 aliphatic carbocycles. The largest absolute Gasteiger partial charge is 0.375 e. The van der Waals surface area contributed by atoms with Gasteiger partial charge in [-0.1, -0.05) is 24.3 Å². The summed E-state index contributed by atoms with van der Waals surface area (Å²) in [7, 11) is 0. The smallest absolute Gasteiger partial charge is 0.293 e. The van der Waals surface area contributed by atoms with E-state index in [0.717, 1.165) is 36.9 Å². The summed E-state index contributed by atoms with van der Waals surface area (Å²) >= 11 is 0. The first-order valence-electron chi connectivity index (χ1n) is 10.2. The molecule has 30 heavy (non-hydrogen) atoms. The zero-order valence-electron chi connectivity index (χ0n) is 16.6. The van der Waals surface area contributed by atoms with Crippen molar-refractivity contribution in [1.82, 2.24) is 10.2 Å². The Morgan fingerprint density at radius 2 is 1.87 bits per heavy atom. The summed E-state index contributed by atoms with van der Waals surface area (Å²) in [5, 5.41) is 17.4. The molecule has 1 heterocycles. The number of anilines is 1. The number of nitro groups is 1. The van der Waals surface area contributed by atoms with Gasteiger partial charge in [0.05, 0.1) is 4.92 Å². The van der Waals surface area contributed by atoms with Crippen molar-refractivity contribution < 1.29 is 14.5 Å². The first kappa shape index (κ1) is 19.9. The third-order valence-corrected chi connectivity index (χ3v) is 5.42. The van der Waals surface area contributed by atoms with Crippen molar-refractivity contribution in [3.05, 3.63) is 69.3 Å². The molecule has 156 valence electrons. The maximum atomic E-state index is 12.2. The quantitative estimate of drug-likeness (QED) is 0.515. The van der Waals surface area contributed by atoms with Crippen LogP contribution in [0, 0.1) is 10.1 Å². The summed E-state index contributed by atoms with van der Waals surface area (Å²) in [4.78, 5) is 36.8. The molecule has 0 bridgehead atoms. The maximum Gasteiger partial charge on any atom is 0.293 e. The normalized spacial score (nSPS) is 15.9. The van der Waals surface area contributed by atoms with Crippen LogP contribution >= 0.6 is 0 Å². The number of carbonyl (C=O) groups excluding carboxylic acids is 2. The Labute approximate surface area is 174 Å². The first-order chi connectivity index (χ1) is 14.5. The predicted octanol–water partition coefficient (Wildman–Crippen LogP) is 3.22. The van der Waals surface area contributed by atoms with Crippen LogP contribution < -0.4 is 10.6 Å². The van der Waals surface area contributed by atoms with E-state index < -0.39 is 4.92 Å². The van der Waals surface area contributed by atoms with Crippen molar-refractivity contribution in [2.75, 3.05) is 11.9 Å². The molecule has 0 atom stereocenters. The minimum absolute atomic E-state index is 0.123. The molecule has 2 aromatic rings. The number of rotatable bonds is 8.